The quantitative estimate of drug-likeness (QED) is 0.703. The van der Waals surface area contributed by atoms with Crippen molar-refractivity contribution in [3.8, 4) is 5.75 Å². The highest BCUT2D eigenvalue weighted by atomic mass is 19.4. The molecule has 0 spiro atoms. The van der Waals surface area contributed by atoms with Crippen LogP contribution >= 0.6 is 0 Å². The Hall–Kier alpha value is -1.43. The van der Waals surface area contributed by atoms with Gasteiger partial charge in [0.1, 0.15) is 5.75 Å². The Morgan fingerprint density at radius 2 is 2.00 bits per heavy atom. The lowest BCUT2D eigenvalue weighted by atomic mass is 10.2. The predicted molar refractivity (Wildman–Crippen MR) is 53.4 cm³/mol. The van der Waals surface area contributed by atoms with Crippen molar-refractivity contribution in [3.63, 3.8) is 0 Å². The monoisotopic (exact) mass is 235 g/mol. The van der Waals surface area contributed by atoms with Gasteiger partial charge in [0.25, 0.3) is 0 Å². The molecule has 0 heterocycles. The summed E-state index contributed by atoms with van der Waals surface area (Å²) in [5.74, 6) is 0.0411. The molecule has 1 unspecified atom stereocenters. The number of phenolic OH excluding ortho intramolecular Hbond substituents is 1. The first-order valence-electron chi connectivity index (χ1n) is 4.59. The summed E-state index contributed by atoms with van der Waals surface area (Å²) in [5, 5.41) is 20.3. The van der Waals surface area contributed by atoms with Crippen molar-refractivity contribution >= 4 is 5.69 Å². The summed E-state index contributed by atoms with van der Waals surface area (Å²) >= 11 is 0. The second-order valence-corrected chi connectivity index (χ2v) is 3.44. The maximum absolute atomic E-state index is 12.0. The van der Waals surface area contributed by atoms with Crippen LogP contribution in [0.5, 0.6) is 5.75 Å². The number of anilines is 1. The van der Waals surface area contributed by atoms with Crippen LogP contribution in [0, 0.1) is 6.92 Å². The summed E-state index contributed by atoms with van der Waals surface area (Å²) < 4.78 is 36.0. The number of alkyl halides is 3. The molecule has 6 heteroatoms. The van der Waals surface area contributed by atoms with E-state index < -0.39 is 18.8 Å². The molecule has 0 aliphatic rings. The largest absolute Gasteiger partial charge is 0.508 e. The molecule has 1 rings (SSSR count). The van der Waals surface area contributed by atoms with Crippen molar-refractivity contribution in [3.05, 3.63) is 23.8 Å². The minimum atomic E-state index is -4.63. The van der Waals surface area contributed by atoms with E-state index in [2.05, 4.69) is 5.32 Å². The first-order chi connectivity index (χ1) is 7.30. The van der Waals surface area contributed by atoms with Gasteiger partial charge in [-0.1, -0.05) is 0 Å². The van der Waals surface area contributed by atoms with Gasteiger partial charge in [-0.25, -0.2) is 0 Å². The van der Waals surface area contributed by atoms with E-state index in [0.29, 0.717) is 11.3 Å². The molecule has 0 saturated heterocycles. The molecule has 1 aromatic carbocycles. The molecule has 3 nitrogen and oxygen atoms in total. The third-order valence-corrected chi connectivity index (χ3v) is 2.07. The van der Waals surface area contributed by atoms with Crippen molar-refractivity contribution in [1.82, 2.24) is 0 Å². The number of hydrogen-bond acceptors (Lipinski definition) is 3. The maximum atomic E-state index is 12.0. The Bertz CT molecular complexity index is 366. The molecule has 90 valence electrons. The standard InChI is InChI=1S/C10H12F3NO2/c1-6-4-7(15)2-3-8(6)14-5-9(16)10(11,12)13/h2-4,9,14-16H,5H2,1H3. The normalized spacial score (nSPS) is 13.6. The Labute approximate surface area is 90.5 Å². The molecule has 3 N–H and O–H groups in total. The molecule has 16 heavy (non-hydrogen) atoms. The molecular formula is C10H12F3NO2. The SMILES string of the molecule is Cc1cc(O)ccc1NCC(O)C(F)(F)F. The Morgan fingerprint density at radius 1 is 1.38 bits per heavy atom. The minimum Gasteiger partial charge on any atom is -0.508 e. The van der Waals surface area contributed by atoms with Crippen LogP contribution in [0.25, 0.3) is 0 Å². The smallest absolute Gasteiger partial charge is 0.416 e. The summed E-state index contributed by atoms with van der Waals surface area (Å²) in [6.45, 7) is 1.02. The topological polar surface area (TPSA) is 52.5 Å². The number of rotatable bonds is 3. The van der Waals surface area contributed by atoms with Crippen LogP contribution in [0.2, 0.25) is 0 Å². The summed E-state index contributed by atoms with van der Waals surface area (Å²) in [5.41, 5.74) is 1.05. The fourth-order valence-corrected chi connectivity index (χ4v) is 1.17. The molecule has 1 aromatic rings. The van der Waals surface area contributed by atoms with E-state index in [1.54, 1.807) is 6.92 Å². The zero-order chi connectivity index (χ0) is 12.3. The summed E-state index contributed by atoms with van der Waals surface area (Å²) in [7, 11) is 0. The molecule has 0 amide bonds. The highest BCUT2D eigenvalue weighted by molar-refractivity contribution is 5.53. The van der Waals surface area contributed by atoms with Gasteiger partial charge >= 0.3 is 6.18 Å². The Kier molecular flexibility index (Phi) is 3.64. The average molecular weight is 235 g/mol. The molecule has 0 aliphatic heterocycles. The third-order valence-electron chi connectivity index (χ3n) is 2.07. The first kappa shape index (κ1) is 12.6. The molecule has 0 aliphatic carbocycles. The van der Waals surface area contributed by atoms with Gasteiger partial charge in [-0.15, -0.1) is 0 Å². The summed E-state index contributed by atoms with van der Waals surface area (Å²) in [6.07, 6.45) is -7.03. The number of aromatic hydroxyl groups is 1. The minimum absolute atomic E-state index is 0.0411. The van der Waals surface area contributed by atoms with Gasteiger partial charge in [0, 0.05) is 12.2 Å². The molecular weight excluding hydrogens is 223 g/mol. The van der Waals surface area contributed by atoms with Crippen molar-refractivity contribution in [2.45, 2.75) is 19.2 Å². The van der Waals surface area contributed by atoms with Crippen LogP contribution in [-0.4, -0.2) is 29.0 Å². The summed E-state index contributed by atoms with van der Waals surface area (Å²) in [4.78, 5) is 0. The summed E-state index contributed by atoms with van der Waals surface area (Å²) in [6, 6.07) is 4.23. The fourth-order valence-electron chi connectivity index (χ4n) is 1.17. The van der Waals surface area contributed by atoms with Crippen LogP contribution in [0.1, 0.15) is 5.56 Å². The lowest BCUT2D eigenvalue weighted by Gasteiger charge is -2.16. The molecule has 0 bridgehead atoms. The van der Waals surface area contributed by atoms with Crippen LogP contribution in [0.15, 0.2) is 18.2 Å². The molecule has 1 atom stereocenters. The highest BCUT2D eigenvalue weighted by Gasteiger charge is 2.37. The lowest BCUT2D eigenvalue weighted by molar-refractivity contribution is -0.198. The molecule has 0 fully saturated rings. The van der Waals surface area contributed by atoms with Gasteiger partial charge in [0.15, 0.2) is 6.10 Å². The second kappa shape index (κ2) is 4.61. The Morgan fingerprint density at radius 3 is 2.50 bits per heavy atom. The van der Waals surface area contributed by atoms with Gasteiger partial charge in [0.2, 0.25) is 0 Å². The highest BCUT2D eigenvalue weighted by Crippen LogP contribution is 2.23. The van der Waals surface area contributed by atoms with Crippen molar-refractivity contribution in [1.29, 1.82) is 0 Å². The zero-order valence-corrected chi connectivity index (χ0v) is 8.54. The Balaban J connectivity index is 2.62. The molecule has 0 aromatic heterocycles. The molecule has 0 radical (unpaired) electrons. The van der Waals surface area contributed by atoms with E-state index in [9.17, 15) is 13.2 Å². The number of aliphatic hydroxyl groups excluding tert-OH is 1. The number of benzene rings is 1. The van der Waals surface area contributed by atoms with Crippen molar-refractivity contribution in [2.24, 2.45) is 0 Å². The number of halogens is 3. The van der Waals surface area contributed by atoms with Crippen LogP contribution < -0.4 is 5.32 Å². The van der Waals surface area contributed by atoms with E-state index in [1.807, 2.05) is 0 Å². The van der Waals surface area contributed by atoms with Crippen LogP contribution in [0.4, 0.5) is 18.9 Å². The predicted octanol–water partition coefficient (Wildman–Crippen LogP) is 2.04. The van der Waals surface area contributed by atoms with Gasteiger partial charge in [0.05, 0.1) is 0 Å². The number of nitrogens with one attached hydrogen (secondary N) is 1. The van der Waals surface area contributed by atoms with Crippen molar-refractivity contribution < 1.29 is 23.4 Å². The number of aliphatic hydroxyl groups is 1. The number of aryl methyl sites for hydroxylation is 1. The lowest BCUT2D eigenvalue weighted by Crippen LogP contribution is -2.35. The van der Waals surface area contributed by atoms with Crippen molar-refractivity contribution in [2.75, 3.05) is 11.9 Å². The maximum Gasteiger partial charge on any atom is 0.416 e. The van der Waals surface area contributed by atoms with Gasteiger partial charge < -0.3 is 15.5 Å². The fraction of sp³-hybridized carbons (Fsp3) is 0.400. The van der Waals surface area contributed by atoms with Gasteiger partial charge in [-0.05, 0) is 30.7 Å². The number of hydrogen-bond donors (Lipinski definition) is 3. The van der Waals surface area contributed by atoms with E-state index in [1.165, 1.54) is 18.2 Å². The molecule has 0 saturated carbocycles. The zero-order valence-electron chi connectivity index (χ0n) is 8.54. The third kappa shape index (κ3) is 3.30. The average Bonchev–Trinajstić information content (AvgIpc) is 2.14. The second-order valence-electron chi connectivity index (χ2n) is 3.44. The van der Waals surface area contributed by atoms with Gasteiger partial charge in [-0.2, -0.15) is 13.2 Å². The van der Waals surface area contributed by atoms with Gasteiger partial charge in [-0.3, -0.25) is 0 Å². The number of phenols is 1. The van der Waals surface area contributed by atoms with Crippen LogP contribution in [-0.2, 0) is 0 Å². The van der Waals surface area contributed by atoms with E-state index >= 15 is 0 Å². The van der Waals surface area contributed by atoms with E-state index in [-0.39, 0.29) is 5.75 Å². The van der Waals surface area contributed by atoms with Crippen LogP contribution in [0.3, 0.4) is 0 Å². The first-order valence-corrected chi connectivity index (χ1v) is 4.59. The van der Waals surface area contributed by atoms with E-state index in [0.717, 1.165) is 0 Å². The van der Waals surface area contributed by atoms with E-state index in [4.69, 9.17) is 10.2 Å².